The molecule has 2 aliphatic carbocycles. The summed E-state index contributed by atoms with van der Waals surface area (Å²) in [6.45, 7) is 5.95. The van der Waals surface area contributed by atoms with Crippen molar-refractivity contribution in [3.63, 3.8) is 0 Å². The average Bonchev–Trinajstić information content (AvgIpc) is 3.78. The number of nitrogens with zero attached hydrogens (tertiary/aromatic N) is 2. The molecule has 0 aromatic heterocycles. The van der Waals surface area contributed by atoms with E-state index in [1.54, 1.807) is 11.8 Å². The molecule has 0 amide bonds. The third-order valence-corrected chi connectivity index (χ3v) is 10.6. The van der Waals surface area contributed by atoms with Gasteiger partial charge in [0.1, 0.15) is 41.8 Å². The molecule has 4 heterocycles. The summed E-state index contributed by atoms with van der Waals surface area (Å²) in [6, 6.07) is -0.108. The van der Waals surface area contributed by atoms with Gasteiger partial charge in [0.25, 0.3) is 0 Å². The fourth-order valence-corrected chi connectivity index (χ4v) is 8.01. The Balaban J connectivity index is 0.000000153. The van der Waals surface area contributed by atoms with Crippen LogP contribution in [0.3, 0.4) is 0 Å². The fourth-order valence-electron chi connectivity index (χ4n) is 5.24. The van der Waals surface area contributed by atoms with Crippen molar-refractivity contribution in [1.82, 2.24) is 0 Å². The monoisotopic (exact) mass is 556 g/mol. The van der Waals surface area contributed by atoms with E-state index in [-0.39, 0.29) is 41.6 Å². The molecule has 0 aromatic rings. The number of thioether (sulfide) groups is 2. The second-order valence-electron chi connectivity index (χ2n) is 11.3. The van der Waals surface area contributed by atoms with Crippen LogP contribution in [-0.2, 0) is 19.0 Å². The molecule has 2 saturated carbocycles. The number of carbonyl (C=O) groups excluding carboxylic acids is 1. The molecule has 0 radical (unpaired) electrons. The maximum atomic E-state index is 11.0. The first kappa shape index (κ1) is 27.9. The Morgan fingerprint density at radius 2 is 1.43 bits per heavy atom. The van der Waals surface area contributed by atoms with Crippen molar-refractivity contribution in [3.05, 3.63) is 0 Å². The Morgan fingerprint density at radius 1 is 0.892 bits per heavy atom. The number of hydrogen-bond acceptors (Lipinski definition) is 11. The molecule has 0 bridgehead atoms. The molecule has 37 heavy (non-hydrogen) atoms. The standard InChI is InChI=1S/C15H23NO3S.C11H17NO4S/c1-8-9(2)14-15(19-12(8)7-18-10(3)17)20-13(16-14)6-11-4-5-11;13-4-6-9(14)10(15)8-11(16-6)17-7(12-8)3-5-1-2-5/h8-9,11-12,14-15H,4-7H2,1-3H3;5-6,8-11,13-15H,1-4H2/t8-,9-,12+,14?,15?;6-,8?,9-,10-,11?/m01/s1. The Bertz CT molecular complexity index is 896. The van der Waals surface area contributed by atoms with Gasteiger partial charge in [0.15, 0.2) is 0 Å². The molecule has 4 fully saturated rings. The number of aliphatic hydroxyl groups excluding tert-OH is 3. The van der Waals surface area contributed by atoms with E-state index in [9.17, 15) is 15.0 Å². The number of hydrogen-bond donors (Lipinski definition) is 3. The van der Waals surface area contributed by atoms with Crippen molar-refractivity contribution >= 4 is 39.6 Å². The van der Waals surface area contributed by atoms with Gasteiger partial charge in [0.2, 0.25) is 0 Å². The van der Waals surface area contributed by atoms with Crippen molar-refractivity contribution < 1.29 is 34.3 Å². The maximum absolute atomic E-state index is 11.0. The molecular weight excluding hydrogens is 516 g/mol. The zero-order valence-electron chi connectivity index (χ0n) is 21.8. The highest BCUT2D eigenvalue weighted by molar-refractivity contribution is 8.14. The molecule has 208 valence electrons. The summed E-state index contributed by atoms with van der Waals surface area (Å²) < 4.78 is 16.8. The van der Waals surface area contributed by atoms with Crippen molar-refractivity contribution in [2.24, 2.45) is 33.7 Å². The van der Waals surface area contributed by atoms with Gasteiger partial charge in [-0.05, 0) is 62.2 Å². The van der Waals surface area contributed by atoms with Crippen LogP contribution >= 0.6 is 23.5 Å². The minimum atomic E-state index is -1.05. The van der Waals surface area contributed by atoms with Crippen LogP contribution in [0.15, 0.2) is 9.98 Å². The van der Waals surface area contributed by atoms with Crippen LogP contribution in [0.1, 0.15) is 59.3 Å². The molecule has 4 aliphatic heterocycles. The first-order chi connectivity index (χ1) is 17.7. The van der Waals surface area contributed by atoms with Crippen molar-refractivity contribution in [2.45, 2.75) is 107 Å². The number of esters is 1. The van der Waals surface area contributed by atoms with E-state index in [4.69, 9.17) is 24.3 Å². The van der Waals surface area contributed by atoms with Gasteiger partial charge in [-0.25, -0.2) is 0 Å². The van der Waals surface area contributed by atoms with Crippen molar-refractivity contribution in [3.8, 4) is 0 Å². The lowest BCUT2D eigenvalue weighted by molar-refractivity contribution is -0.164. The summed E-state index contributed by atoms with van der Waals surface area (Å²) in [5, 5.41) is 31.1. The van der Waals surface area contributed by atoms with Gasteiger partial charge in [-0.15, -0.1) is 0 Å². The minimum absolute atomic E-state index is 0.00174. The van der Waals surface area contributed by atoms with Crippen LogP contribution in [0, 0.1) is 23.7 Å². The van der Waals surface area contributed by atoms with Gasteiger partial charge in [-0.1, -0.05) is 37.4 Å². The molecule has 10 atom stereocenters. The number of rotatable bonds is 7. The molecule has 0 spiro atoms. The summed E-state index contributed by atoms with van der Waals surface area (Å²) >= 11 is 3.33. The Morgan fingerprint density at radius 3 is 1.97 bits per heavy atom. The van der Waals surface area contributed by atoms with Crippen molar-refractivity contribution in [1.29, 1.82) is 0 Å². The second-order valence-corrected chi connectivity index (χ2v) is 13.7. The molecular formula is C26H40N2O7S2. The van der Waals surface area contributed by atoms with Crippen LogP contribution in [0.25, 0.3) is 0 Å². The summed E-state index contributed by atoms with van der Waals surface area (Å²) in [4.78, 5) is 20.3. The third kappa shape index (κ3) is 6.73. The molecule has 0 aromatic carbocycles. The molecule has 2 saturated heterocycles. The number of fused-ring (bicyclic) bond motifs is 2. The largest absolute Gasteiger partial charge is 0.463 e. The molecule has 9 nitrogen and oxygen atoms in total. The van der Waals surface area contributed by atoms with Gasteiger partial charge in [0, 0.05) is 6.92 Å². The van der Waals surface area contributed by atoms with Crippen LogP contribution in [0.4, 0.5) is 0 Å². The number of aliphatic imine (C=N–C) groups is 2. The first-order valence-electron chi connectivity index (χ1n) is 13.6. The summed E-state index contributed by atoms with van der Waals surface area (Å²) in [6.07, 6.45) is 4.66. The lowest BCUT2D eigenvalue weighted by Crippen LogP contribution is -2.55. The van der Waals surface area contributed by atoms with Crippen molar-refractivity contribution in [2.75, 3.05) is 13.2 Å². The third-order valence-electron chi connectivity index (χ3n) is 8.25. The van der Waals surface area contributed by atoms with E-state index in [1.807, 2.05) is 0 Å². The molecule has 4 unspecified atom stereocenters. The SMILES string of the molecule is CC(=O)OC[C@H]1OC2SC(CC3CC3)=NC2[C@@H](C)[C@@H]1C.OC[C@H]1OC2SC(CC3CC3)=NC2[C@@H](O)[C@@H]1O. The Hall–Kier alpha value is -0.690. The lowest BCUT2D eigenvalue weighted by atomic mass is 9.83. The summed E-state index contributed by atoms with van der Waals surface area (Å²) in [5.74, 6) is 2.21. The topological polar surface area (TPSA) is 130 Å². The minimum Gasteiger partial charge on any atom is -0.463 e. The molecule has 11 heteroatoms. The van der Waals surface area contributed by atoms with Gasteiger partial charge in [-0.2, -0.15) is 0 Å². The van der Waals surface area contributed by atoms with Gasteiger partial charge >= 0.3 is 5.97 Å². The van der Waals surface area contributed by atoms with E-state index >= 15 is 0 Å². The van der Waals surface area contributed by atoms with E-state index in [0.29, 0.717) is 18.4 Å². The predicted molar refractivity (Wildman–Crippen MR) is 144 cm³/mol. The van der Waals surface area contributed by atoms with Crippen LogP contribution in [0.2, 0.25) is 0 Å². The number of carbonyl (C=O) groups is 1. The second kappa shape index (κ2) is 11.8. The van der Waals surface area contributed by atoms with Gasteiger partial charge in [-0.3, -0.25) is 14.8 Å². The molecule has 6 aliphatic rings. The zero-order valence-corrected chi connectivity index (χ0v) is 23.4. The fraction of sp³-hybridized carbons (Fsp3) is 0.885. The molecule has 3 N–H and O–H groups in total. The van der Waals surface area contributed by atoms with Gasteiger partial charge in [0.05, 0.1) is 28.8 Å². The Labute approximate surface area is 227 Å². The first-order valence-corrected chi connectivity index (χ1v) is 15.4. The lowest BCUT2D eigenvalue weighted by Gasteiger charge is -2.40. The van der Waals surface area contributed by atoms with E-state index in [1.165, 1.54) is 49.4 Å². The van der Waals surface area contributed by atoms with Crippen LogP contribution < -0.4 is 0 Å². The zero-order chi connectivity index (χ0) is 26.3. The highest BCUT2D eigenvalue weighted by Gasteiger charge is 2.48. The average molecular weight is 557 g/mol. The van der Waals surface area contributed by atoms with E-state index < -0.39 is 18.3 Å². The smallest absolute Gasteiger partial charge is 0.302 e. The van der Waals surface area contributed by atoms with E-state index in [2.05, 4.69) is 18.8 Å². The quantitative estimate of drug-likeness (QED) is 0.405. The van der Waals surface area contributed by atoms with Crippen LogP contribution in [0.5, 0.6) is 0 Å². The van der Waals surface area contributed by atoms with Crippen LogP contribution in [-0.4, -0.2) is 92.0 Å². The highest BCUT2D eigenvalue weighted by atomic mass is 32.2. The maximum Gasteiger partial charge on any atom is 0.302 e. The number of ether oxygens (including phenoxy) is 3. The highest BCUT2D eigenvalue weighted by Crippen LogP contribution is 2.45. The van der Waals surface area contributed by atoms with E-state index in [0.717, 1.165) is 29.7 Å². The van der Waals surface area contributed by atoms with Gasteiger partial charge < -0.3 is 29.5 Å². The normalized spacial score (nSPS) is 42.6. The predicted octanol–water partition coefficient (Wildman–Crippen LogP) is 2.60. The summed E-state index contributed by atoms with van der Waals surface area (Å²) in [7, 11) is 0. The summed E-state index contributed by atoms with van der Waals surface area (Å²) in [5.41, 5.74) is -0.130. The molecule has 6 rings (SSSR count). The number of aliphatic hydroxyl groups is 3. The Kier molecular flexibility index (Phi) is 8.90.